The molecule has 0 amide bonds. The molecule has 3 rings (SSSR count). The highest BCUT2D eigenvalue weighted by atomic mass is 79.9. The van der Waals surface area contributed by atoms with Crippen LogP contribution in [0.2, 0.25) is 0 Å². The second-order valence-corrected chi connectivity index (χ2v) is 6.09. The molecule has 0 spiro atoms. The smallest absolute Gasteiger partial charge is 0.323 e. The molecule has 3 aromatic rings. The van der Waals surface area contributed by atoms with Crippen LogP contribution in [0.5, 0.6) is 11.5 Å². The lowest BCUT2D eigenvalue weighted by Crippen LogP contribution is -2.02. The highest BCUT2D eigenvalue weighted by molar-refractivity contribution is 9.10. The number of imidazole rings is 1. The van der Waals surface area contributed by atoms with E-state index in [0.717, 1.165) is 26.8 Å². The SMILES string of the molecule is CCOc1c(Br)cc(CNc2ccc3[nH]c(=O)[nH]c3c2)cc1OC. The van der Waals surface area contributed by atoms with E-state index in [4.69, 9.17) is 9.47 Å². The van der Waals surface area contributed by atoms with Crippen molar-refractivity contribution >= 4 is 32.7 Å². The van der Waals surface area contributed by atoms with Gasteiger partial charge < -0.3 is 24.8 Å². The molecule has 0 radical (unpaired) electrons. The largest absolute Gasteiger partial charge is 0.493 e. The van der Waals surface area contributed by atoms with Crippen molar-refractivity contribution in [3.05, 3.63) is 50.9 Å². The maximum atomic E-state index is 11.3. The van der Waals surface area contributed by atoms with Gasteiger partial charge in [0.05, 0.1) is 29.2 Å². The minimum absolute atomic E-state index is 0.206. The van der Waals surface area contributed by atoms with E-state index in [2.05, 4.69) is 31.2 Å². The van der Waals surface area contributed by atoms with Gasteiger partial charge in [-0.25, -0.2) is 4.79 Å². The van der Waals surface area contributed by atoms with Gasteiger partial charge in [-0.05, 0) is 58.7 Å². The summed E-state index contributed by atoms with van der Waals surface area (Å²) in [7, 11) is 1.62. The number of hydrogen-bond donors (Lipinski definition) is 3. The Hall–Kier alpha value is -2.41. The lowest BCUT2D eigenvalue weighted by molar-refractivity contribution is 0.308. The summed E-state index contributed by atoms with van der Waals surface area (Å²) in [5.41, 5.74) is 3.32. The second kappa shape index (κ2) is 7.00. The summed E-state index contributed by atoms with van der Waals surface area (Å²) in [4.78, 5) is 16.8. The third kappa shape index (κ3) is 3.41. The van der Waals surface area contributed by atoms with E-state index in [-0.39, 0.29) is 5.69 Å². The van der Waals surface area contributed by atoms with E-state index < -0.39 is 0 Å². The van der Waals surface area contributed by atoms with Gasteiger partial charge in [-0.2, -0.15) is 0 Å². The molecule has 24 heavy (non-hydrogen) atoms. The quantitative estimate of drug-likeness (QED) is 0.599. The fourth-order valence-electron chi connectivity index (χ4n) is 2.51. The third-order valence-corrected chi connectivity index (χ3v) is 4.18. The molecule has 0 saturated carbocycles. The summed E-state index contributed by atoms with van der Waals surface area (Å²) in [6.45, 7) is 3.12. The number of benzene rings is 2. The fourth-order valence-corrected chi connectivity index (χ4v) is 3.11. The Bertz CT molecular complexity index is 917. The summed E-state index contributed by atoms with van der Waals surface area (Å²) in [6, 6.07) is 9.63. The van der Waals surface area contributed by atoms with Crippen LogP contribution >= 0.6 is 15.9 Å². The zero-order valence-electron chi connectivity index (χ0n) is 13.4. The average molecular weight is 392 g/mol. The molecule has 0 aliphatic rings. The van der Waals surface area contributed by atoms with Gasteiger partial charge in [-0.15, -0.1) is 0 Å². The first-order valence-electron chi connectivity index (χ1n) is 7.56. The molecular formula is C17H18BrN3O3. The van der Waals surface area contributed by atoms with E-state index in [1.54, 1.807) is 7.11 Å². The topological polar surface area (TPSA) is 79.1 Å². The van der Waals surface area contributed by atoms with Crippen molar-refractivity contribution in [1.82, 2.24) is 9.97 Å². The molecule has 6 nitrogen and oxygen atoms in total. The van der Waals surface area contributed by atoms with Gasteiger partial charge in [0, 0.05) is 12.2 Å². The van der Waals surface area contributed by atoms with Crippen LogP contribution in [0.3, 0.4) is 0 Å². The Balaban J connectivity index is 1.79. The summed E-state index contributed by atoms with van der Waals surface area (Å²) >= 11 is 3.52. The van der Waals surface area contributed by atoms with E-state index in [1.165, 1.54) is 0 Å². The zero-order chi connectivity index (χ0) is 17.1. The van der Waals surface area contributed by atoms with E-state index in [0.29, 0.717) is 24.7 Å². The molecule has 7 heteroatoms. The van der Waals surface area contributed by atoms with Crippen LogP contribution in [0, 0.1) is 0 Å². The number of hydrogen-bond acceptors (Lipinski definition) is 4. The van der Waals surface area contributed by atoms with Gasteiger partial charge in [0.25, 0.3) is 0 Å². The lowest BCUT2D eigenvalue weighted by atomic mass is 10.2. The summed E-state index contributed by atoms with van der Waals surface area (Å²) in [6.07, 6.45) is 0. The van der Waals surface area contributed by atoms with Crippen molar-refractivity contribution in [2.24, 2.45) is 0 Å². The Morgan fingerprint density at radius 2 is 1.96 bits per heavy atom. The molecule has 3 N–H and O–H groups in total. The fraction of sp³-hybridized carbons (Fsp3) is 0.235. The van der Waals surface area contributed by atoms with E-state index in [1.807, 2.05) is 37.3 Å². The maximum Gasteiger partial charge on any atom is 0.323 e. The van der Waals surface area contributed by atoms with Crippen LogP contribution in [-0.4, -0.2) is 23.7 Å². The van der Waals surface area contributed by atoms with E-state index in [9.17, 15) is 4.79 Å². The Labute approximate surface area is 147 Å². The summed E-state index contributed by atoms with van der Waals surface area (Å²) < 4.78 is 11.9. The van der Waals surface area contributed by atoms with Crippen LogP contribution in [-0.2, 0) is 6.54 Å². The Morgan fingerprint density at radius 1 is 1.17 bits per heavy atom. The number of ether oxygens (including phenoxy) is 2. The van der Waals surface area contributed by atoms with Crippen molar-refractivity contribution in [3.8, 4) is 11.5 Å². The van der Waals surface area contributed by atoms with Gasteiger partial charge in [0.15, 0.2) is 11.5 Å². The first-order valence-corrected chi connectivity index (χ1v) is 8.35. The molecule has 0 aliphatic carbocycles. The van der Waals surface area contributed by atoms with Crippen molar-refractivity contribution in [2.75, 3.05) is 19.0 Å². The minimum atomic E-state index is -0.206. The third-order valence-electron chi connectivity index (χ3n) is 3.59. The van der Waals surface area contributed by atoms with Gasteiger partial charge in [-0.1, -0.05) is 0 Å². The highest BCUT2D eigenvalue weighted by Crippen LogP contribution is 2.36. The molecule has 0 saturated heterocycles. The van der Waals surface area contributed by atoms with Crippen LogP contribution in [0.15, 0.2) is 39.6 Å². The number of aromatic nitrogens is 2. The second-order valence-electron chi connectivity index (χ2n) is 5.24. The molecule has 0 aliphatic heterocycles. The van der Waals surface area contributed by atoms with E-state index >= 15 is 0 Å². The number of H-pyrrole nitrogens is 2. The van der Waals surface area contributed by atoms with Gasteiger partial charge in [0.2, 0.25) is 0 Å². The highest BCUT2D eigenvalue weighted by Gasteiger charge is 2.11. The predicted octanol–water partition coefficient (Wildman–Crippen LogP) is 3.64. The van der Waals surface area contributed by atoms with Crippen LogP contribution in [0.25, 0.3) is 11.0 Å². The summed E-state index contributed by atoms with van der Waals surface area (Å²) in [5, 5.41) is 3.34. The number of halogens is 1. The van der Waals surface area contributed by atoms with Gasteiger partial charge >= 0.3 is 5.69 Å². The van der Waals surface area contributed by atoms with Crippen molar-refractivity contribution in [1.29, 1.82) is 0 Å². The predicted molar refractivity (Wildman–Crippen MR) is 98.1 cm³/mol. The first kappa shape index (κ1) is 16.4. The van der Waals surface area contributed by atoms with Gasteiger partial charge in [-0.3, -0.25) is 0 Å². The number of methoxy groups -OCH3 is 1. The number of fused-ring (bicyclic) bond motifs is 1. The number of nitrogens with one attached hydrogen (secondary N) is 3. The molecule has 1 aromatic heterocycles. The van der Waals surface area contributed by atoms with Crippen molar-refractivity contribution in [2.45, 2.75) is 13.5 Å². The average Bonchev–Trinajstić information content (AvgIpc) is 2.94. The van der Waals surface area contributed by atoms with Crippen LogP contribution in [0.1, 0.15) is 12.5 Å². The molecular weight excluding hydrogens is 374 g/mol. The van der Waals surface area contributed by atoms with Gasteiger partial charge in [0.1, 0.15) is 0 Å². The Kier molecular flexibility index (Phi) is 4.80. The normalized spacial score (nSPS) is 10.8. The standard InChI is InChI=1S/C17H18BrN3O3/c1-3-24-16-12(18)6-10(7-15(16)23-2)9-19-11-4-5-13-14(8-11)21-17(22)20-13/h4-8,19H,3,9H2,1-2H3,(H2,20,21,22). The Morgan fingerprint density at radius 3 is 2.71 bits per heavy atom. The molecule has 0 unspecified atom stereocenters. The maximum absolute atomic E-state index is 11.3. The molecule has 0 atom stereocenters. The molecule has 126 valence electrons. The van der Waals surface area contributed by atoms with Crippen LogP contribution < -0.4 is 20.5 Å². The molecule has 2 aromatic carbocycles. The monoisotopic (exact) mass is 391 g/mol. The van der Waals surface area contributed by atoms with Crippen molar-refractivity contribution in [3.63, 3.8) is 0 Å². The zero-order valence-corrected chi connectivity index (χ0v) is 15.0. The van der Waals surface area contributed by atoms with Crippen molar-refractivity contribution < 1.29 is 9.47 Å². The number of rotatable bonds is 6. The lowest BCUT2D eigenvalue weighted by Gasteiger charge is -2.14. The number of anilines is 1. The first-order chi connectivity index (χ1) is 11.6. The molecule has 0 fully saturated rings. The van der Waals surface area contributed by atoms with Crippen LogP contribution in [0.4, 0.5) is 5.69 Å². The number of aromatic amines is 2. The summed E-state index contributed by atoms with van der Waals surface area (Å²) in [5.74, 6) is 1.39. The molecule has 1 heterocycles. The minimum Gasteiger partial charge on any atom is -0.493 e. The molecule has 0 bridgehead atoms.